The first-order valence-corrected chi connectivity index (χ1v) is 24.8. The third-order valence-electron chi connectivity index (χ3n) is 10.4. The van der Waals surface area contributed by atoms with Crippen molar-refractivity contribution in [1.29, 1.82) is 0 Å². The molecule has 4 aromatic carbocycles. The third kappa shape index (κ3) is 20.9. The van der Waals surface area contributed by atoms with E-state index in [1.807, 2.05) is 0 Å². The second kappa shape index (κ2) is 30.3. The van der Waals surface area contributed by atoms with Crippen LogP contribution in [0.25, 0.3) is 0 Å². The summed E-state index contributed by atoms with van der Waals surface area (Å²) in [6.07, 6.45) is 25.4. The number of unbranched alkanes of at least 4 members (excludes halogenated alkanes) is 18. The monoisotopic (exact) mass is 906 g/mol. The summed E-state index contributed by atoms with van der Waals surface area (Å²) >= 11 is 0. The van der Waals surface area contributed by atoms with E-state index >= 15 is 0 Å². The number of para-hydroxylation sites is 6. The number of phenols is 1. The van der Waals surface area contributed by atoms with Crippen LogP contribution in [0.1, 0.15) is 153 Å². The van der Waals surface area contributed by atoms with Crippen molar-refractivity contribution < 1.29 is 45.6 Å². The Balaban J connectivity index is 0.000000413. The molecule has 0 unspecified atom stereocenters. The van der Waals surface area contributed by atoms with E-state index in [0.29, 0.717) is 24.0 Å². The SMILES string of the molecule is CCCCCCCCCCCCc1cccc(S(=O)(=O)O)c1Oc1ccccc1O.CCCCCCCCCCCCc1cccc(S(=O)(=O)[O-])c1Oc1ccccc1[O-].[Ca+2]. The Bertz CT molecular complexity index is 1910. The van der Waals surface area contributed by atoms with Gasteiger partial charge in [-0.15, -0.1) is 0 Å². The molecular weight excluding hydrogens is 841 g/mol. The maximum atomic E-state index is 12.0. The number of aryl methyl sites for hydroxylation is 2. The van der Waals surface area contributed by atoms with E-state index in [9.17, 15) is 36.2 Å². The molecule has 0 aliphatic heterocycles. The molecule has 0 spiro atoms. The van der Waals surface area contributed by atoms with Gasteiger partial charge in [-0.2, -0.15) is 8.42 Å². The van der Waals surface area contributed by atoms with E-state index in [4.69, 9.17) is 9.47 Å². The van der Waals surface area contributed by atoms with Crippen molar-refractivity contribution in [3.05, 3.63) is 96.1 Å². The quantitative estimate of drug-likeness (QED) is 0.0317. The molecule has 2 N–H and O–H groups in total. The van der Waals surface area contributed by atoms with Gasteiger partial charge >= 0.3 is 37.7 Å². The van der Waals surface area contributed by atoms with Crippen molar-refractivity contribution in [2.75, 3.05) is 0 Å². The molecule has 4 rings (SSSR count). The minimum atomic E-state index is -4.72. The van der Waals surface area contributed by atoms with Gasteiger partial charge in [-0.1, -0.05) is 190 Å². The zero-order valence-electron chi connectivity index (χ0n) is 36.3. The predicted molar refractivity (Wildman–Crippen MR) is 242 cm³/mol. The molecule has 61 heavy (non-hydrogen) atoms. The van der Waals surface area contributed by atoms with Crippen LogP contribution in [0.15, 0.2) is 94.7 Å². The van der Waals surface area contributed by atoms with E-state index in [-0.39, 0.29) is 77.1 Å². The number of hydrogen-bond donors (Lipinski definition) is 2. The van der Waals surface area contributed by atoms with Crippen molar-refractivity contribution in [3.63, 3.8) is 0 Å². The fourth-order valence-corrected chi connectivity index (χ4v) is 8.35. The fourth-order valence-electron chi connectivity index (χ4n) is 7.05. The molecule has 332 valence electrons. The van der Waals surface area contributed by atoms with Gasteiger partial charge in [-0.05, 0) is 67.1 Å². The zero-order valence-corrected chi connectivity index (χ0v) is 40.2. The summed E-state index contributed by atoms with van der Waals surface area (Å²) in [6, 6.07) is 21.6. The Morgan fingerprint density at radius 3 is 1.30 bits per heavy atom. The number of rotatable bonds is 28. The first kappa shape index (κ1) is 54.3. The first-order chi connectivity index (χ1) is 28.9. The summed E-state index contributed by atoms with van der Waals surface area (Å²) in [5, 5.41) is 22.0. The number of hydrogen-bond acceptors (Lipinski definition) is 9. The summed E-state index contributed by atoms with van der Waals surface area (Å²) in [4.78, 5) is -0.703. The maximum absolute atomic E-state index is 12.0. The largest absolute Gasteiger partial charge is 2.00 e. The molecule has 13 heteroatoms. The summed E-state index contributed by atoms with van der Waals surface area (Å²) < 4.78 is 79.8. The molecule has 0 radical (unpaired) electrons. The molecule has 4 aromatic rings. The summed E-state index contributed by atoms with van der Waals surface area (Å²) in [5.41, 5.74) is 1.34. The summed E-state index contributed by atoms with van der Waals surface area (Å²) in [7, 11) is -9.17. The number of phenolic OH excluding ortho intramolecular Hbond substituents is 1. The maximum Gasteiger partial charge on any atom is 2.00 e. The molecule has 0 amide bonds. The van der Waals surface area contributed by atoms with Gasteiger partial charge in [0, 0.05) is 0 Å². The van der Waals surface area contributed by atoms with E-state index in [1.165, 1.54) is 120 Å². The molecule has 0 saturated heterocycles. The molecule has 0 bridgehead atoms. The second-order valence-electron chi connectivity index (χ2n) is 15.4. The van der Waals surface area contributed by atoms with E-state index in [0.717, 1.165) is 38.5 Å². The van der Waals surface area contributed by atoms with Crippen LogP contribution in [-0.4, -0.2) is 68.8 Å². The van der Waals surface area contributed by atoms with Crippen LogP contribution in [0.2, 0.25) is 0 Å². The minimum Gasteiger partial charge on any atom is -0.870 e. The Hall–Kier alpha value is -2.84. The van der Waals surface area contributed by atoms with Crippen LogP contribution in [0.4, 0.5) is 0 Å². The van der Waals surface area contributed by atoms with Crippen molar-refractivity contribution in [2.45, 2.75) is 165 Å². The smallest absolute Gasteiger partial charge is 0.870 e. The van der Waals surface area contributed by atoms with Gasteiger partial charge in [-0.25, -0.2) is 8.42 Å². The number of aromatic hydroxyl groups is 1. The van der Waals surface area contributed by atoms with Crippen LogP contribution in [0.5, 0.6) is 34.5 Å². The molecule has 0 heterocycles. The Morgan fingerprint density at radius 2 is 0.869 bits per heavy atom. The average molecular weight is 907 g/mol. The van der Waals surface area contributed by atoms with E-state index in [2.05, 4.69) is 13.8 Å². The third-order valence-corrected chi connectivity index (χ3v) is 12.1. The molecule has 0 saturated carbocycles. The topological polar surface area (TPSA) is 173 Å². The predicted octanol–water partition coefficient (Wildman–Crippen LogP) is 12.4. The normalized spacial score (nSPS) is 11.3. The number of ether oxygens (including phenoxy) is 2. The summed E-state index contributed by atoms with van der Waals surface area (Å²) in [6.45, 7) is 4.45. The number of benzene rings is 4. The molecule has 0 aliphatic rings. The van der Waals surface area contributed by atoms with Crippen LogP contribution < -0.4 is 14.6 Å². The van der Waals surface area contributed by atoms with Gasteiger partial charge < -0.3 is 24.2 Å². The Kier molecular flexibility index (Phi) is 27.0. The molecule has 0 aliphatic carbocycles. The van der Waals surface area contributed by atoms with Crippen molar-refractivity contribution in [3.8, 4) is 34.5 Å². The van der Waals surface area contributed by atoms with Crippen molar-refractivity contribution >= 4 is 58.0 Å². The van der Waals surface area contributed by atoms with Gasteiger partial charge in [-0.3, -0.25) is 4.55 Å². The molecule has 0 aromatic heterocycles. The molecule has 0 atom stereocenters. The van der Waals surface area contributed by atoms with E-state index < -0.39 is 25.1 Å². The van der Waals surface area contributed by atoms with Crippen LogP contribution in [0, 0.1) is 0 Å². The van der Waals surface area contributed by atoms with E-state index in [1.54, 1.807) is 54.6 Å². The fraction of sp³-hybridized carbons (Fsp3) is 0.500. The Labute approximate surface area is 396 Å². The standard InChI is InChI=1S/2C24H34O5S.Ca/c2*1-2-3-4-5-6-7-8-9-10-11-15-20-16-14-19-23(30(26,27)28)24(20)29-22-18-13-12-17-21(22)25;/h2*12-14,16-19,25H,2-11,15H2,1H3,(H,26,27,28);/q;;+2/p-2. The van der Waals surface area contributed by atoms with Crippen LogP contribution >= 0.6 is 0 Å². The van der Waals surface area contributed by atoms with Crippen molar-refractivity contribution in [1.82, 2.24) is 0 Å². The molecular formula is C48H66CaO10S2. The molecule has 10 nitrogen and oxygen atoms in total. The van der Waals surface area contributed by atoms with Crippen molar-refractivity contribution in [2.24, 2.45) is 0 Å². The van der Waals surface area contributed by atoms with Gasteiger partial charge in [0.15, 0.2) is 17.2 Å². The van der Waals surface area contributed by atoms with Gasteiger partial charge in [0.05, 0.1) is 4.90 Å². The second-order valence-corrected chi connectivity index (χ2v) is 18.1. The zero-order chi connectivity index (χ0) is 43.6. The average Bonchev–Trinajstić information content (AvgIpc) is 3.21. The Morgan fingerprint density at radius 1 is 0.492 bits per heavy atom. The van der Waals surface area contributed by atoms with Gasteiger partial charge in [0.25, 0.3) is 10.1 Å². The van der Waals surface area contributed by atoms with Crippen LogP contribution in [0.3, 0.4) is 0 Å². The minimum absolute atomic E-state index is 0. The molecule has 0 fully saturated rings. The van der Waals surface area contributed by atoms with Gasteiger partial charge in [0.2, 0.25) is 0 Å². The first-order valence-electron chi connectivity index (χ1n) is 21.9. The van der Waals surface area contributed by atoms with Gasteiger partial charge in [0.1, 0.15) is 26.5 Å². The van der Waals surface area contributed by atoms with Crippen LogP contribution in [-0.2, 0) is 33.1 Å². The summed E-state index contributed by atoms with van der Waals surface area (Å²) in [5.74, 6) is -0.229.